The van der Waals surface area contributed by atoms with Gasteiger partial charge in [-0.2, -0.15) is 0 Å². The maximum absolute atomic E-state index is 14.0. The number of aliphatic carboxylic acids is 1. The quantitative estimate of drug-likeness (QED) is 0.192. The molecule has 1 aromatic carbocycles. The lowest BCUT2D eigenvalue weighted by Gasteiger charge is -2.72. The van der Waals surface area contributed by atoms with Gasteiger partial charge in [0.15, 0.2) is 5.78 Å². The number of esters is 1. The molecule has 4 saturated carbocycles. The summed E-state index contributed by atoms with van der Waals surface area (Å²) in [7, 11) is 0. The Hall–Kier alpha value is -2.93. The van der Waals surface area contributed by atoms with E-state index in [1.54, 1.807) is 19.9 Å². The molecule has 0 aliphatic heterocycles. The van der Waals surface area contributed by atoms with E-state index in [1.165, 1.54) is 5.57 Å². The van der Waals surface area contributed by atoms with Gasteiger partial charge in [-0.25, -0.2) is 0 Å². The zero-order valence-corrected chi connectivity index (χ0v) is 35.1. The van der Waals surface area contributed by atoms with Crippen molar-refractivity contribution in [3.05, 3.63) is 58.1 Å². The Kier molecular flexibility index (Phi) is 10.5. The highest BCUT2D eigenvalue weighted by atomic mass is 35.5. The number of benzene rings is 1. The summed E-state index contributed by atoms with van der Waals surface area (Å²) in [6.45, 7) is 21.5. The number of halogens is 1. The average molecular weight is 762 g/mol. The van der Waals surface area contributed by atoms with Crippen LogP contribution in [-0.2, 0) is 23.9 Å². The van der Waals surface area contributed by atoms with Crippen LogP contribution in [0.5, 0.6) is 0 Å². The van der Waals surface area contributed by atoms with E-state index in [0.717, 1.165) is 62.5 Å². The lowest BCUT2D eigenvalue weighted by molar-refractivity contribution is -0.232. The van der Waals surface area contributed by atoms with Crippen molar-refractivity contribution < 1.29 is 29.0 Å². The molecule has 6 rings (SSSR count). The monoisotopic (exact) mass is 761 g/mol. The molecule has 0 heterocycles. The minimum absolute atomic E-state index is 0.0133. The number of carboxylic acids is 1. The number of rotatable bonds is 9. The van der Waals surface area contributed by atoms with Crippen LogP contribution in [-0.4, -0.2) is 34.8 Å². The van der Waals surface area contributed by atoms with E-state index < -0.39 is 22.8 Å². The molecule has 9 atom stereocenters. The maximum Gasteiger partial charge on any atom is 0.309 e. The molecule has 0 aromatic heterocycles. The molecule has 1 aromatic rings. The fourth-order valence-electron chi connectivity index (χ4n) is 13.0. The number of carboxylic acid groups (broad SMARTS) is 1. The lowest BCUT2D eigenvalue weighted by atomic mass is 9.33. The standard InChI is InChI=1S/C46H64ClNO6/c1-27(2)38-32(49)25-46(21-18-36(50)48-28(3)29-12-11-13-30(47)24-29)23-22-44(9)31(39(38)46)14-15-34-43(8)19-17-35(54-37(51)26-41(4,5)40(52)53)42(6,7)33(43)16-20-45(34,44)10/h11-13,18,21,24,27-28,31,33-35H,14-17,19-20,22-23,25-26H2,1-10H3,(H,48,50)(H,52,53)/b21-18+/t28-,31-,33+,34?,35+,43+,44-,45-,46+/m1/s1. The van der Waals surface area contributed by atoms with Gasteiger partial charge in [-0.3, -0.25) is 19.2 Å². The number of carbonyl (C=O) groups is 4. The molecule has 8 heteroatoms. The van der Waals surface area contributed by atoms with Gasteiger partial charge in [0.2, 0.25) is 5.91 Å². The minimum Gasteiger partial charge on any atom is -0.481 e. The van der Waals surface area contributed by atoms with Gasteiger partial charge in [-0.15, -0.1) is 0 Å². The Bertz CT molecular complexity index is 1770. The first-order valence-corrected chi connectivity index (χ1v) is 20.9. The number of fused-ring (bicyclic) bond motifs is 7. The van der Waals surface area contributed by atoms with Crippen molar-refractivity contribution >= 4 is 35.2 Å². The van der Waals surface area contributed by atoms with E-state index in [9.17, 15) is 24.3 Å². The molecule has 4 fully saturated rings. The van der Waals surface area contributed by atoms with Crippen LogP contribution in [0.4, 0.5) is 0 Å². The summed E-state index contributed by atoms with van der Waals surface area (Å²) in [5.74, 6) is -0.126. The third-order valence-electron chi connectivity index (χ3n) is 16.1. The summed E-state index contributed by atoms with van der Waals surface area (Å²) in [6, 6.07) is 7.35. The summed E-state index contributed by atoms with van der Waals surface area (Å²) in [4.78, 5) is 52.3. The van der Waals surface area contributed by atoms with Crippen LogP contribution in [0.1, 0.15) is 145 Å². The van der Waals surface area contributed by atoms with Crippen molar-refractivity contribution in [2.45, 2.75) is 146 Å². The molecular formula is C46H64ClNO6. The molecular weight excluding hydrogens is 698 g/mol. The zero-order chi connectivity index (χ0) is 39.8. The van der Waals surface area contributed by atoms with Crippen LogP contribution in [0, 0.1) is 56.2 Å². The van der Waals surface area contributed by atoms with Crippen LogP contribution in [0.2, 0.25) is 5.02 Å². The predicted molar refractivity (Wildman–Crippen MR) is 212 cm³/mol. The van der Waals surface area contributed by atoms with E-state index >= 15 is 0 Å². The Labute approximate surface area is 328 Å². The SMILES string of the molecule is CC(C)C1=C2[C@H]3CCC4[C@@]5(C)CC[C@H](OC(=O)CC(C)(C)C(=O)O)C(C)(C)[C@@H]5CC[C@@]4(C)[C@]3(C)CC[C@@]2(/C=C/C(=O)N[C@H](C)c2cccc(Cl)c2)CC1=O. The highest BCUT2D eigenvalue weighted by Crippen LogP contribution is 2.77. The largest absolute Gasteiger partial charge is 0.481 e. The van der Waals surface area contributed by atoms with Gasteiger partial charge in [0.1, 0.15) is 6.10 Å². The van der Waals surface area contributed by atoms with E-state index in [1.807, 2.05) is 31.2 Å². The van der Waals surface area contributed by atoms with E-state index in [4.69, 9.17) is 16.3 Å². The van der Waals surface area contributed by atoms with Crippen molar-refractivity contribution in [1.82, 2.24) is 5.32 Å². The van der Waals surface area contributed by atoms with Gasteiger partial charge in [-0.1, -0.05) is 78.3 Å². The smallest absolute Gasteiger partial charge is 0.309 e. The molecule has 1 unspecified atom stereocenters. The van der Waals surface area contributed by atoms with E-state index in [0.29, 0.717) is 23.3 Å². The Morgan fingerprint density at radius 3 is 2.31 bits per heavy atom. The van der Waals surface area contributed by atoms with Crippen molar-refractivity contribution in [3.63, 3.8) is 0 Å². The number of nitrogens with one attached hydrogen (secondary N) is 1. The third kappa shape index (κ3) is 6.50. The summed E-state index contributed by atoms with van der Waals surface area (Å²) < 4.78 is 6.16. The number of ether oxygens (including phenoxy) is 1. The fraction of sp³-hybridized carbons (Fsp3) is 0.696. The normalized spacial score (nSPS) is 36.6. The van der Waals surface area contributed by atoms with Crippen LogP contribution in [0.15, 0.2) is 47.6 Å². The minimum atomic E-state index is -1.17. The molecule has 0 radical (unpaired) electrons. The number of ketones is 1. The van der Waals surface area contributed by atoms with E-state index in [2.05, 4.69) is 59.9 Å². The average Bonchev–Trinajstić information content (AvgIpc) is 3.37. The van der Waals surface area contributed by atoms with Crippen molar-refractivity contribution in [2.75, 3.05) is 0 Å². The van der Waals surface area contributed by atoms with Crippen molar-refractivity contribution in [2.24, 2.45) is 56.2 Å². The first-order chi connectivity index (χ1) is 25.0. The summed E-state index contributed by atoms with van der Waals surface area (Å²) in [5, 5.41) is 13.4. The van der Waals surface area contributed by atoms with Gasteiger partial charge in [0.25, 0.3) is 0 Å². The van der Waals surface area contributed by atoms with Crippen LogP contribution >= 0.6 is 11.6 Å². The lowest BCUT2D eigenvalue weighted by Crippen LogP contribution is -2.65. The molecule has 2 N–H and O–H groups in total. The second-order valence-corrected chi connectivity index (χ2v) is 20.6. The molecule has 1 amide bonds. The molecule has 7 nitrogen and oxygen atoms in total. The first-order valence-electron chi connectivity index (χ1n) is 20.5. The number of allylic oxidation sites excluding steroid dienone is 3. The summed E-state index contributed by atoms with van der Waals surface area (Å²) in [5.41, 5.74) is 1.48. The second kappa shape index (κ2) is 13.9. The fourth-order valence-corrected chi connectivity index (χ4v) is 13.2. The molecule has 54 heavy (non-hydrogen) atoms. The topological polar surface area (TPSA) is 110 Å². The number of Topliss-reactive ketones (excluding diaryl/α,β-unsaturated/α-hetero) is 1. The third-order valence-corrected chi connectivity index (χ3v) is 16.4. The molecule has 0 bridgehead atoms. The molecule has 5 aliphatic rings. The highest BCUT2D eigenvalue weighted by molar-refractivity contribution is 6.30. The molecule has 296 valence electrons. The van der Waals surface area contributed by atoms with Crippen LogP contribution in [0.3, 0.4) is 0 Å². The number of amides is 1. The summed E-state index contributed by atoms with van der Waals surface area (Å²) in [6.07, 6.45) is 11.6. The Morgan fingerprint density at radius 1 is 0.963 bits per heavy atom. The maximum atomic E-state index is 14.0. The second-order valence-electron chi connectivity index (χ2n) is 20.2. The van der Waals surface area contributed by atoms with Gasteiger partial charge >= 0.3 is 11.9 Å². The van der Waals surface area contributed by atoms with Crippen molar-refractivity contribution in [3.8, 4) is 0 Å². The number of hydrogen-bond donors (Lipinski definition) is 2. The molecule has 0 saturated heterocycles. The van der Waals surface area contributed by atoms with Crippen LogP contribution in [0.25, 0.3) is 0 Å². The van der Waals surface area contributed by atoms with Gasteiger partial charge in [0.05, 0.1) is 17.9 Å². The summed E-state index contributed by atoms with van der Waals surface area (Å²) >= 11 is 6.23. The van der Waals surface area contributed by atoms with Gasteiger partial charge in [0, 0.05) is 22.3 Å². The van der Waals surface area contributed by atoms with Gasteiger partial charge < -0.3 is 15.2 Å². The Balaban J connectivity index is 1.26. The first kappa shape index (κ1) is 40.7. The van der Waals surface area contributed by atoms with Crippen LogP contribution < -0.4 is 5.32 Å². The van der Waals surface area contributed by atoms with Gasteiger partial charge in [-0.05, 0) is 147 Å². The van der Waals surface area contributed by atoms with E-state index in [-0.39, 0.29) is 63.8 Å². The number of hydrogen-bond acceptors (Lipinski definition) is 5. The Morgan fingerprint density at radius 2 is 1.67 bits per heavy atom. The number of carbonyl (C=O) groups excluding carboxylic acids is 3. The molecule has 0 spiro atoms. The highest BCUT2D eigenvalue weighted by Gasteiger charge is 2.70. The van der Waals surface area contributed by atoms with Crippen molar-refractivity contribution in [1.29, 1.82) is 0 Å². The molecule has 5 aliphatic carbocycles. The zero-order valence-electron chi connectivity index (χ0n) is 34.4. The predicted octanol–water partition coefficient (Wildman–Crippen LogP) is 10.5.